The lowest BCUT2D eigenvalue weighted by Gasteiger charge is -2.05. The predicted molar refractivity (Wildman–Crippen MR) is 63.9 cm³/mol. The predicted octanol–water partition coefficient (Wildman–Crippen LogP) is 1.94. The van der Waals surface area contributed by atoms with Gasteiger partial charge in [0.2, 0.25) is 5.88 Å². The third-order valence-electron chi connectivity index (χ3n) is 2.27. The van der Waals surface area contributed by atoms with E-state index in [1.54, 1.807) is 24.3 Å². The van der Waals surface area contributed by atoms with Gasteiger partial charge in [-0.2, -0.15) is 10.4 Å². The Labute approximate surface area is 104 Å². The van der Waals surface area contributed by atoms with E-state index in [2.05, 4.69) is 10.2 Å². The Hall–Kier alpha value is -2.61. The molecule has 0 aliphatic heterocycles. The van der Waals surface area contributed by atoms with Crippen molar-refractivity contribution in [3.8, 4) is 17.7 Å². The van der Waals surface area contributed by atoms with Crippen molar-refractivity contribution >= 4 is 0 Å². The van der Waals surface area contributed by atoms with Gasteiger partial charge >= 0.3 is 0 Å². The number of hydrogen-bond donors (Lipinski definition) is 1. The summed E-state index contributed by atoms with van der Waals surface area (Å²) >= 11 is 0. The molecule has 1 N–H and O–H groups in total. The molecule has 0 saturated heterocycles. The number of rotatable bonds is 3. The van der Waals surface area contributed by atoms with Crippen LogP contribution in [0.25, 0.3) is 0 Å². The molecular weight excluding hydrogens is 230 g/mol. The minimum absolute atomic E-state index is 0.0441. The molecule has 0 fully saturated rings. The van der Waals surface area contributed by atoms with Crippen LogP contribution < -0.4 is 4.74 Å². The van der Waals surface area contributed by atoms with Crippen LogP contribution >= 0.6 is 0 Å². The molecule has 0 bridgehead atoms. The molecule has 0 atom stereocenters. The third kappa shape index (κ3) is 2.95. The summed E-state index contributed by atoms with van der Waals surface area (Å²) in [6.45, 7) is 2.06. The van der Waals surface area contributed by atoms with Crippen LogP contribution in [-0.4, -0.2) is 15.3 Å². The highest BCUT2D eigenvalue weighted by atomic mass is 16.5. The van der Waals surface area contributed by atoms with E-state index in [0.29, 0.717) is 17.0 Å². The van der Waals surface area contributed by atoms with Crippen molar-refractivity contribution < 1.29 is 9.84 Å². The van der Waals surface area contributed by atoms with E-state index in [4.69, 9.17) is 10.00 Å². The third-order valence-corrected chi connectivity index (χ3v) is 2.27. The zero-order chi connectivity index (χ0) is 13.0. The summed E-state index contributed by atoms with van der Waals surface area (Å²) in [5.74, 6) is 0.449. The van der Waals surface area contributed by atoms with Gasteiger partial charge in [-0.15, -0.1) is 5.10 Å². The first-order valence-corrected chi connectivity index (χ1v) is 5.33. The summed E-state index contributed by atoms with van der Waals surface area (Å²) in [7, 11) is 0. The lowest BCUT2D eigenvalue weighted by Crippen LogP contribution is -1.99. The second kappa shape index (κ2) is 5.15. The summed E-state index contributed by atoms with van der Waals surface area (Å²) in [4.78, 5) is 0. The van der Waals surface area contributed by atoms with Gasteiger partial charge in [0.15, 0.2) is 0 Å². The molecule has 2 aromatic rings. The first-order chi connectivity index (χ1) is 8.67. The molecular formula is C13H11N3O2. The average molecular weight is 241 g/mol. The van der Waals surface area contributed by atoms with E-state index in [1.807, 2.05) is 13.0 Å². The van der Waals surface area contributed by atoms with Gasteiger partial charge in [0.1, 0.15) is 12.4 Å². The monoisotopic (exact) mass is 241 g/mol. The summed E-state index contributed by atoms with van der Waals surface area (Å²) < 4.78 is 5.41. The molecule has 0 unspecified atom stereocenters. The molecule has 0 amide bonds. The number of ether oxygens (including phenoxy) is 1. The Balaban J connectivity index is 2.08. The summed E-state index contributed by atoms with van der Waals surface area (Å²) in [5, 5.41) is 25.9. The van der Waals surface area contributed by atoms with Crippen molar-refractivity contribution in [2.24, 2.45) is 0 Å². The van der Waals surface area contributed by atoms with Crippen LogP contribution in [0.4, 0.5) is 0 Å². The van der Waals surface area contributed by atoms with Crippen LogP contribution in [0.5, 0.6) is 11.6 Å². The number of hydrogen-bond acceptors (Lipinski definition) is 5. The molecule has 2 rings (SSSR count). The van der Waals surface area contributed by atoms with Crippen LogP contribution in [-0.2, 0) is 6.61 Å². The number of nitriles is 1. The lowest BCUT2D eigenvalue weighted by atomic mass is 10.1. The standard InChI is InChI=1S/C13H11N3O2/c1-9-2-3-13(16-15-9)18-8-11-4-10(7-14)5-12(17)6-11/h2-6,17H,8H2,1H3. The molecule has 0 radical (unpaired) electrons. The van der Waals surface area contributed by atoms with Crippen LogP contribution in [0.3, 0.4) is 0 Å². The van der Waals surface area contributed by atoms with Gasteiger partial charge < -0.3 is 9.84 Å². The molecule has 0 aliphatic carbocycles. The van der Waals surface area contributed by atoms with Crippen molar-refractivity contribution in [2.45, 2.75) is 13.5 Å². The van der Waals surface area contributed by atoms with Gasteiger partial charge in [-0.1, -0.05) is 0 Å². The van der Waals surface area contributed by atoms with E-state index in [1.165, 1.54) is 6.07 Å². The maximum absolute atomic E-state index is 9.42. The topological polar surface area (TPSA) is 79.0 Å². The second-order valence-corrected chi connectivity index (χ2v) is 3.80. The Morgan fingerprint density at radius 1 is 1.28 bits per heavy atom. The molecule has 0 spiro atoms. The number of phenols is 1. The van der Waals surface area contributed by atoms with Crippen LogP contribution in [0, 0.1) is 18.3 Å². The van der Waals surface area contributed by atoms with Gasteiger partial charge in [0.05, 0.1) is 17.3 Å². The molecule has 1 heterocycles. The molecule has 0 saturated carbocycles. The molecule has 18 heavy (non-hydrogen) atoms. The largest absolute Gasteiger partial charge is 0.508 e. The molecule has 1 aromatic carbocycles. The quantitative estimate of drug-likeness (QED) is 0.888. The Morgan fingerprint density at radius 2 is 2.11 bits per heavy atom. The van der Waals surface area contributed by atoms with Crippen LogP contribution in [0.15, 0.2) is 30.3 Å². The van der Waals surface area contributed by atoms with E-state index >= 15 is 0 Å². The SMILES string of the molecule is Cc1ccc(OCc2cc(O)cc(C#N)c2)nn1. The average Bonchev–Trinajstić information content (AvgIpc) is 2.37. The summed E-state index contributed by atoms with van der Waals surface area (Å²) in [6, 6.07) is 10.1. The Bertz CT molecular complexity index is 588. The highest BCUT2D eigenvalue weighted by molar-refractivity contribution is 5.39. The van der Waals surface area contributed by atoms with Crippen LogP contribution in [0.1, 0.15) is 16.8 Å². The number of phenolic OH excluding ortho intramolecular Hbond substituents is 1. The van der Waals surface area contributed by atoms with Gasteiger partial charge in [-0.3, -0.25) is 0 Å². The highest BCUT2D eigenvalue weighted by Gasteiger charge is 2.02. The van der Waals surface area contributed by atoms with E-state index in [-0.39, 0.29) is 12.4 Å². The maximum atomic E-state index is 9.42. The van der Waals surface area contributed by atoms with Crippen molar-refractivity contribution in [2.75, 3.05) is 0 Å². The van der Waals surface area contributed by atoms with E-state index in [0.717, 1.165) is 5.69 Å². The Morgan fingerprint density at radius 3 is 2.78 bits per heavy atom. The Kier molecular flexibility index (Phi) is 3.39. The van der Waals surface area contributed by atoms with Gasteiger partial charge in [-0.25, -0.2) is 0 Å². The molecule has 1 aromatic heterocycles. The van der Waals surface area contributed by atoms with Crippen molar-refractivity contribution in [1.29, 1.82) is 5.26 Å². The number of benzene rings is 1. The minimum atomic E-state index is 0.0441. The first-order valence-electron chi connectivity index (χ1n) is 5.33. The smallest absolute Gasteiger partial charge is 0.233 e. The summed E-state index contributed by atoms with van der Waals surface area (Å²) in [6.07, 6.45) is 0. The van der Waals surface area contributed by atoms with Gasteiger partial charge in [0, 0.05) is 6.07 Å². The number of aromatic hydroxyl groups is 1. The normalized spacial score (nSPS) is 9.78. The van der Waals surface area contributed by atoms with Crippen molar-refractivity contribution in [3.63, 3.8) is 0 Å². The van der Waals surface area contributed by atoms with Crippen LogP contribution in [0.2, 0.25) is 0 Å². The fourth-order valence-electron chi connectivity index (χ4n) is 1.44. The van der Waals surface area contributed by atoms with Gasteiger partial charge in [-0.05, 0) is 36.8 Å². The van der Waals surface area contributed by atoms with Crippen molar-refractivity contribution in [3.05, 3.63) is 47.2 Å². The fraction of sp³-hybridized carbons (Fsp3) is 0.154. The van der Waals surface area contributed by atoms with Gasteiger partial charge in [0.25, 0.3) is 0 Å². The molecule has 90 valence electrons. The zero-order valence-electron chi connectivity index (χ0n) is 9.79. The molecule has 0 aliphatic rings. The minimum Gasteiger partial charge on any atom is -0.508 e. The summed E-state index contributed by atoms with van der Waals surface area (Å²) in [5.41, 5.74) is 1.91. The molecule has 5 heteroatoms. The number of nitrogens with zero attached hydrogens (tertiary/aromatic N) is 3. The fourth-order valence-corrected chi connectivity index (χ4v) is 1.44. The number of aromatic nitrogens is 2. The van der Waals surface area contributed by atoms with Crippen molar-refractivity contribution in [1.82, 2.24) is 10.2 Å². The molecule has 5 nitrogen and oxygen atoms in total. The highest BCUT2D eigenvalue weighted by Crippen LogP contribution is 2.16. The second-order valence-electron chi connectivity index (χ2n) is 3.80. The number of aryl methyl sites for hydroxylation is 1. The zero-order valence-corrected chi connectivity index (χ0v) is 9.79. The maximum Gasteiger partial charge on any atom is 0.233 e. The lowest BCUT2D eigenvalue weighted by molar-refractivity contribution is 0.289. The van der Waals surface area contributed by atoms with E-state index in [9.17, 15) is 5.11 Å². The first kappa shape index (κ1) is 11.9. The van der Waals surface area contributed by atoms with E-state index < -0.39 is 0 Å².